The summed E-state index contributed by atoms with van der Waals surface area (Å²) in [7, 11) is 0. The summed E-state index contributed by atoms with van der Waals surface area (Å²) in [4.78, 5) is 2.37. The lowest BCUT2D eigenvalue weighted by Gasteiger charge is -2.27. The van der Waals surface area contributed by atoms with Crippen LogP contribution in [0, 0.1) is 0 Å². The van der Waals surface area contributed by atoms with Crippen molar-refractivity contribution in [3.63, 3.8) is 0 Å². The van der Waals surface area contributed by atoms with Crippen LogP contribution in [-0.2, 0) is 0 Å². The molecule has 0 aliphatic carbocycles. The van der Waals surface area contributed by atoms with E-state index in [2.05, 4.69) is 204 Å². The van der Waals surface area contributed by atoms with Crippen LogP contribution in [-0.4, -0.2) is 4.57 Å². The third-order valence-electron chi connectivity index (χ3n) is 11.6. The van der Waals surface area contributed by atoms with Crippen LogP contribution >= 0.6 is 0 Å². The van der Waals surface area contributed by atoms with E-state index in [-0.39, 0.29) is 0 Å². The third-order valence-corrected chi connectivity index (χ3v) is 11.6. The van der Waals surface area contributed by atoms with Gasteiger partial charge in [0, 0.05) is 55.6 Å². The van der Waals surface area contributed by atoms with E-state index in [0.29, 0.717) is 0 Å². The summed E-state index contributed by atoms with van der Waals surface area (Å²) in [6.45, 7) is 0. The number of anilines is 3. The first-order valence-electron chi connectivity index (χ1n) is 19.7. The maximum Gasteiger partial charge on any atom is 0.145 e. The van der Waals surface area contributed by atoms with Gasteiger partial charge in [-0.3, -0.25) is 0 Å². The molecular formula is C54H34N2O2. The maximum absolute atomic E-state index is 7.01. The van der Waals surface area contributed by atoms with Gasteiger partial charge >= 0.3 is 0 Å². The van der Waals surface area contributed by atoms with Crippen LogP contribution < -0.4 is 4.90 Å². The molecule has 0 radical (unpaired) electrons. The highest BCUT2D eigenvalue weighted by Gasteiger charge is 2.24. The Morgan fingerprint density at radius 2 is 0.966 bits per heavy atom. The molecule has 272 valence electrons. The Balaban J connectivity index is 1.17. The van der Waals surface area contributed by atoms with E-state index in [1.807, 2.05) is 12.1 Å². The van der Waals surface area contributed by atoms with Gasteiger partial charge in [0.15, 0.2) is 0 Å². The highest BCUT2D eigenvalue weighted by atomic mass is 16.3. The monoisotopic (exact) mass is 742 g/mol. The number of furan rings is 2. The van der Waals surface area contributed by atoms with E-state index in [0.717, 1.165) is 94.4 Å². The molecule has 0 atom stereocenters. The molecule has 3 aromatic heterocycles. The van der Waals surface area contributed by atoms with Gasteiger partial charge in [0.25, 0.3) is 0 Å². The first kappa shape index (κ1) is 32.4. The van der Waals surface area contributed by atoms with Gasteiger partial charge in [-0.25, -0.2) is 0 Å². The minimum Gasteiger partial charge on any atom is -0.456 e. The predicted molar refractivity (Wildman–Crippen MR) is 241 cm³/mol. The molecule has 0 aliphatic heterocycles. The molecule has 12 aromatic rings. The van der Waals surface area contributed by atoms with E-state index in [1.54, 1.807) is 0 Å². The maximum atomic E-state index is 7.01. The number of fused-ring (bicyclic) bond motifs is 9. The van der Waals surface area contributed by atoms with E-state index < -0.39 is 0 Å². The fourth-order valence-corrected chi connectivity index (χ4v) is 8.94. The van der Waals surface area contributed by atoms with Crippen molar-refractivity contribution in [1.82, 2.24) is 4.57 Å². The highest BCUT2D eigenvalue weighted by Crippen LogP contribution is 2.48. The summed E-state index contributed by atoms with van der Waals surface area (Å²) < 4.78 is 15.9. The average molecular weight is 743 g/mol. The van der Waals surface area contributed by atoms with Gasteiger partial charge in [0.2, 0.25) is 0 Å². The lowest BCUT2D eigenvalue weighted by Crippen LogP contribution is -2.10. The second-order valence-electron chi connectivity index (χ2n) is 14.9. The summed E-state index contributed by atoms with van der Waals surface area (Å²) in [5.41, 5.74) is 14.2. The Labute approximate surface area is 334 Å². The third kappa shape index (κ3) is 5.02. The van der Waals surface area contributed by atoms with Gasteiger partial charge in [0.05, 0.1) is 22.1 Å². The van der Waals surface area contributed by atoms with Crippen LogP contribution in [0.15, 0.2) is 215 Å². The summed E-state index contributed by atoms with van der Waals surface area (Å²) in [6, 6.07) is 73.1. The second-order valence-corrected chi connectivity index (χ2v) is 14.9. The normalized spacial score (nSPS) is 11.8. The van der Waals surface area contributed by atoms with Crippen LogP contribution in [0.3, 0.4) is 0 Å². The molecular weight excluding hydrogens is 709 g/mol. The first-order valence-corrected chi connectivity index (χ1v) is 19.7. The van der Waals surface area contributed by atoms with Gasteiger partial charge in [-0.2, -0.15) is 0 Å². The highest BCUT2D eigenvalue weighted by molar-refractivity contribution is 6.18. The number of benzene rings is 9. The summed E-state index contributed by atoms with van der Waals surface area (Å²) in [6.07, 6.45) is 0. The Bertz CT molecular complexity index is 3500. The molecule has 0 fully saturated rings. The molecule has 0 N–H and O–H groups in total. The Hall–Kier alpha value is -7.82. The Kier molecular flexibility index (Phi) is 7.20. The van der Waals surface area contributed by atoms with E-state index >= 15 is 0 Å². The minimum atomic E-state index is 0.838. The molecule has 0 unspecified atom stereocenters. The van der Waals surface area contributed by atoms with E-state index in [4.69, 9.17) is 8.83 Å². The molecule has 0 aliphatic rings. The topological polar surface area (TPSA) is 34.5 Å². The molecule has 0 saturated carbocycles. The minimum absolute atomic E-state index is 0.838. The molecule has 58 heavy (non-hydrogen) atoms. The number of aromatic nitrogens is 1. The Morgan fingerprint density at radius 3 is 1.78 bits per heavy atom. The molecule has 3 heterocycles. The van der Waals surface area contributed by atoms with Crippen LogP contribution in [0.2, 0.25) is 0 Å². The second kappa shape index (κ2) is 12.9. The van der Waals surface area contributed by atoms with Crippen molar-refractivity contribution in [1.29, 1.82) is 0 Å². The lowest BCUT2D eigenvalue weighted by atomic mass is 9.98. The molecule has 0 saturated heterocycles. The van der Waals surface area contributed by atoms with Gasteiger partial charge in [-0.15, -0.1) is 0 Å². The SMILES string of the molecule is c1ccc(-c2ccc3c(c2)oc2c(-c4ccccc4)ccc(N(c4ccc5c(c4)oc4ccccc45)c4ccc5c6ccccc6n(-c6ccccc6)c5c4)c23)cc1. The van der Waals surface area contributed by atoms with Crippen LogP contribution in [0.4, 0.5) is 17.1 Å². The van der Waals surface area contributed by atoms with E-state index in [9.17, 15) is 0 Å². The van der Waals surface area contributed by atoms with Crippen LogP contribution in [0.5, 0.6) is 0 Å². The smallest absolute Gasteiger partial charge is 0.145 e. The zero-order valence-corrected chi connectivity index (χ0v) is 31.3. The van der Waals surface area contributed by atoms with Crippen LogP contribution in [0.1, 0.15) is 0 Å². The number of rotatable bonds is 6. The summed E-state index contributed by atoms with van der Waals surface area (Å²) >= 11 is 0. The fourth-order valence-electron chi connectivity index (χ4n) is 8.94. The van der Waals surface area contributed by atoms with Gasteiger partial charge < -0.3 is 18.3 Å². The summed E-state index contributed by atoms with van der Waals surface area (Å²) in [5, 5.41) is 6.70. The number of hydrogen-bond acceptors (Lipinski definition) is 3. The quantitative estimate of drug-likeness (QED) is 0.170. The molecule has 4 heteroatoms. The van der Waals surface area contributed by atoms with Crippen molar-refractivity contribution >= 4 is 82.7 Å². The lowest BCUT2D eigenvalue weighted by molar-refractivity contribution is 0.669. The van der Waals surface area contributed by atoms with Crippen molar-refractivity contribution in [3.8, 4) is 27.9 Å². The zero-order chi connectivity index (χ0) is 38.2. The van der Waals surface area contributed by atoms with Crippen molar-refractivity contribution in [2.45, 2.75) is 0 Å². The Morgan fingerprint density at radius 1 is 0.362 bits per heavy atom. The average Bonchev–Trinajstić information content (AvgIpc) is 3.97. The van der Waals surface area contributed by atoms with E-state index in [1.165, 1.54) is 16.3 Å². The summed E-state index contributed by atoms with van der Waals surface area (Å²) in [5.74, 6) is 0. The zero-order valence-electron chi connectivity index (χ0n) is 31.3. The van der Waals surface area contributed by atoms with Gasteiger partial charge in [0.1, 0.15) is 22.3 Å². The molecule has 9 aromatic carbocycles. The number of para-hydroxylation sites is 3. The van der Waals surface area contributed by atoms with Crippen molar-refractivity contribution in [3.05, 3.63) is 206 Å². The molecule has 0 bridgehead atoms. The van der Waals surface area contributed by atoms with Crippen molar-refractivity contribution in [2.24, 2.45) is 0 Å². The largest absolute Gasteiger partial charge is 0.456 e. The fraction of sp³-hybridized carbons (Fsp3) is 0. The van der Waals surface area contributed by atoms with Crippen molar-refractivity contribution < 1.29 is 8.83 Å². The molecule has 0 spiro atoms. The van der Waals surface area contributed by atoms with Gasteiger partial charge in [-0.05, 0) is 89.5 Å². The van der Waals surface area contributed by atoms with Gasteiger partial charge in [-0.1, -0.05) is 127 Å². The van der Waals surface area contributed by atoms with Crippen LogP contribution in [0.25, 0.3) is 93.6 Å². The van der Waals surface area contributed by atoms with Crippen molar-refractivity contribution in [2.75, 3.05) is 4.90 Å². The molecule has 0 amide bonds. The first-order chi connectivity index (χ1) is 28.8. The molecule has 12 rings (SSSR count). The predicted octanol–water partition coefficient (Wildman–Crippen LogP) is 15.4. The molecule has 4 nitrogen and oxygen atoms in total. The number of hydrogen-bond donors (Lipinski definition) is 0. The standard InChI is InChI=1S/C54H34N2O2/c1-4-14-35(15-5-1)37-24-27-46-51(32-37)58-54-41(36-16-6-2-7-17-36)30-31-48(53(46)54)55(40-26-29-45-44-21-11-13-23-50(44)57-52(45)34-40)39-25-28-43-42-20-10-12-22-47(42)56(49(43)33-39)38-18-8-3-9-19-38/h1-34H. The number of nitrogens with zero attached hydrogens (tertiary/aromatic N) is 2.